The molecule has 1 aliphatic rings. The maximum absolute atomic E-state index is 4.32. The lowest BCUT2D eigenvalue weighted by Gasteiger charge is -2.30. The van der Waals surface area contributed by atoms with E-state index in [1.165, 1.54) is 4.88 Å². The number of hydrogen-bond donors (Lipinski definition) is 0. The van der Waals surface area contributed by atoms with Crippen molar-refractivity contribution in [2.75, 3.05) is 13.6 Å². The van der Waals surface area contributed by atoms with Crippen molar-refractivity contribution in [1.29, 1.82) is 0 Å². The van der Waals surface area contributed by atoms with Crippen LogP contribution in [0.15, 0.2) is 17.5 Å². The second-order valence-corrected chi connectivity index (χ2v) is 5.12. The van der Waals surface area contributed by atoms with Crippen molar-refractivity contribution in [1.82, 2.24) is 19.7 Å². The summed E-state index contributed by atoms with van der Waals surface area (Å²) in [6.45, 7) is 4.22. The summed E-state index contributed by atoms with van der Waals surface area (Å²) in [4.78, 5) is 3.51. The molecule has 0 bridgehead atoms. The van der Waals surface area contributed by atoms with Gasteiger partial charge in [0, 0.05) is 13.1 Å². The van der Waals surface area contributed by atoms with Crippen molar-refractivity contribution < 1.29 is 0 Å². The number of aromatic nitrogens is 3. The van der Waals surface area contributed by atoms with Crippen LogP contribution >= 0.6 is 11.3 Å². The van der Waals surface area contributed by atoms with Gasteiger partial charge in [-0.1, -0.05) is 6.07 Å². The number of likely N-dealkylation sites (N-methyl/N-ethyl adjacent to an activating group) is 1. The molecule has 16 heavy (non-hydrogen) atoms. The lowest BCUT2D eigenvalue weighted by atomic mass is 10.2. The van der Waals surface area contributed by atoms with E-state index in [0.29, 0.717) is 6.04 Å². The molecule has 1 atom stereocenters. The summed E-state index contributed by atoms with van der Waals surface area (Å²) in [5, 5.41) is 10.7. The summed E-state index contributed by atoms with van der Waals surface area (Å²) in [5.41, 5.74) is 0. The molecule has 0 amide bonds. The van der Waals surface area contributed by atoms with Crippen LogP contribution in [0.1, 0.15) is 18.8 Å². The fraction of sp³-hybridized carbons (Fsp3) is 0.455. The van der Waals surface area contributed by atoms with Crippen LogP contribution in [0.2, 0.25) is 0 Å². The minimum Gasteiger partial charge on any atom is -0.308 e. The summed E-state index contributed by atoms with van der Waals surface area (Å²) < 4.78 is 2.25. The molecule has 0 saturated heterocycles. The fourth-order valence-corrected chi connectivity index (χ4v) is 2.80. The van der Waals surface area contributed by atoms with E-state index in [1.54, 1.807) is 11.3 Å². The van der Waals surface area contributed by atoms with Crippen LogP contribution in [-0.4, -0.2) is 33.3 Å². The third-order valence-electron chi connectivity index (χ3n) is 3.23. The average Bonchev–Trinajstić information content (AvgIpc) is 2.91. The molecule has 0 fully saturated rings. The van der Waals surface area contributed by atoms with E-state index < -0.39 is 0 Å². The van der Waals surface area contributed by atoms with Crippen molar-refractivity contribution in [2.45, 2.75) is 19.5 Å². The molecule has 1 aliphatic heterocycles. The summed E-state index contributed by atoms with van der Waals surface area (Å²) in [5.74, 6) is 2.10. The van der Waals surface area contributed by atoms with Crippen LogP contribution in [0.5, 0.6) is 0 Å². The molecule has 5 heteroatoms. The van der Waals surface area contributed by atoms with Crippen molar-refractivity contribution in [3.8, 4) is 10.7 Å². The minimum absolute atomic E-state index is 0.356. The van der Waals surface area contributed by atoms with E-state index in [0.717, 1.165) is 24.7 Å². The van der Waals surface area contributed by atoms with E-state index in [9.17, 15) is 0 Å². The van der Waals surface area contributed by atoms with E-state index in [4.69, 9.17) is 0 Å². The summed E-state index contributed by atoms with van der Waals surface area (Å²) in [7, 11) is 2.13. The Kier molecular flexibility index (Phi) is 2.29. The Morgan fingerprint density at radius 1 is 1.38 bits per heavy atom. The fourth-order valence-electron chi connectivity index (χ4n) is 2.08. The van der Waals surface area contributed by atoms with Crippen molar-refractivity contribution in [3.05, 3.63) is 23.3 Å². The number of nitrogens with zero attached hydrogens (tertiary/aromatic N) is 4. The monoisotopic (exact) mass is 234 g/mol. The van der Waals surface area contributed by atoms with Gasteiger partial charge < -0.3 is 4.57 Å². The highest BCUT2D eigenvalue weighted by Gasteiger charge is 2.26. The average molecular weight is 234 g/mol. The molecule has 3 rings (SSSR count). The van der Waals surface area contributed by atoms with Crippen LogP contribution in [0.4, 0.5) is 0 Å². The predicted octanol–water partition coefficient (Wildman–Crippen LogP) is 2.01. The van der Waals surface area contributed by atoms with Crippen molar-refractivity contribution in [3.63, 3.8) is 0 Å². The van der Waals surface area contributed by atoms with Gasteiger partial charge in [0.1, 0.15) is 5.82 Å². The highest BCUT2D eigenvalue weighted by atomic mass is 32.1. The zero-order valence-electron chi connectivity index (χ0n) is 9.42. The molecule has 0 radical (unpaired) electrons. The standard InChI is InChI=1S/C11H14N4S/c1-8-10-12-13-11(9-4-3-7-16-9)15(10)6-5-14(8)2/h3-4,7-8H,5-6H2,1-2H3. The molecular weight excluding hydrogens is 220 g/mol. The van der Waals surface area contributed by atoms with E-state index >= 15 is 0 Å². The quantitative estimate of drug-likeness (QED) is 0.757. The van der Waals surface area contributed by atoms with Gasteiger partial charge in [0.05, 0.1) is 10.9 Å². The van der Waals surface area contributed by atoms with Gasteiger partial charge >= 0.3 is 0 Å². The molecule has 0 N–H and O–H groups in total. The Morgan fingerprint density at radius 3 is 3.00 bits per heavy atom. The molecule has 2 aromatic rings. The second kappa shape index (κ2) is 3.68. The minimum atomic E-state index is 0.356. The first-order valence-electron chi connectivity index (χ1n) is 5.44. The van der Waals surface area contributed by atoms with Gasteiger partial charge in [-0.15, -0.1) is 21.5 Å². The molecule has 0 aliphatic carbocycles. The Labute approximate surface area is 98.5 Å². The summed E-state index contributed by atoms with van der Waals surface area (Å²) in [6.07, 6.45) is 0. The molecule has 4 nitrogen and oxygen atoms in total. The molecule has 2 aromatic heterocycles. The SMILES string of the molecule is CC1c2nnc(-c3cccs3)n2CCN1C. The third kappa shape index (κ3) is 1.39. The van der Waals surface area contributed by atoms with Gasteiger partial charge in [-0.3, -0.25) is 4.90 Å². The highest BCUT2D eigenvalue weighted by Crippen LogP contribution is 2.29. The normalized spacial score (nSPS) is 21.0. The van der Waals surface area contributed by atoms with Gasteiger partial charge in [-0.05, 0) is 25.4 Å². The Morgan fingerprint density at radius 2 is 2.25 bits per heavy atom. The largest absolute Gasteiger partial charge is 0.308 e. The van der Waals surface area contributed by atoms with Crippen LogP contribution in [0, 0.1) is 0 Å². The lowest BCUT2D eigenvalue weighted by Crippen LogP contribution is -2.34. The van der Waals surface area contributed by atoms with Crippen LogP contribution in [0.25, 0.3) is 10.7 Å². The van der Waals surface area contributed by atoms with Gasteiger partial charge in [0.2, 0.25) is 0 Å². The molecule has 0 saturated carbocycles. The van der Waals surface area contributed by atoms with E-state index in [1.807, 2.05) is 0 Å². The first-order chi connectivity index (χ1) is 7.77. The van der Waals surface area contributed by atoms with E-state index in [2.05, 4.69) is 51.1 Å². The molecule has 1 unspecified atom stereocenters. The lowest BCUT2D eigenvalue weighted by molar-refractivity contribution is 0.206. The van der Waals surface area contributed by atoms with Crippen LogP contribution < -0.4 is 0 Å². The van der Waals surface area contributed by atoms with Crippen molar-refractivity contribution >= 4 is 11.3 Å². The van der Waals surface area contributed by atoms with Crippen molar-refractivity contribution in [2.24, 2.45) is 0 Å². The van der Waals surface area contributed by atoms with Gasteiger partial charge in [-0.2, -0.15) is 0 Å². The number of fused-ring (bicyclic) bond motifs is 1. The summed E-state index contributed by atoms with van der Waals surface area (Å²) in [6, 6.07) is 4.51. The molecule has 3 heterocycles. The first kappa shape index (κ1) is 9.99. The molecule has 84 valence electrons. The molecular formula is C11H14N4S. The van der Waals surface area contributed by atoms with Gasteiger partial charge in [-0.25, -0.2) is 0 Å². The number of thiophene rings is 1. The van der Waals surface area contributed by atoms with Crippen LogP contribution in [0.3, 0.4) is 0 Å². The number of rotatable bonds is 1. The smallest absolute Gasteiger partial charge is 0.174 e. The van der Waals surface area contributed by atoms with E-state index in [-0.39, 0.29) is 0 Å². The Balaban J connectivity index is 2.08. The first-order valence-corrected chi connectivity index (χ1v) is 6.32. The highest BCUT2D eigenvalue weighted by molar-refractivity contribution is 7.13. The Hall–Kier alpha value is -1.20. The predicted molar refractivity (Wildman–Crippen MR) is 64.4 cm³/mol. The third-order valence-corrected chi connectivity index (χ3v) is 4.10. The van der Waals surface area contributed by atoms with Gasteiger partial charge in [0.15, 0.2) is 5.82 Å². The topological polar surface area (TPSA) is 34.0 Å². The van der Waals surface area contributed by atoms with Crippen LogP contribution in [-0.2, 0) is 6.54 Å². The van der Waals surface area contributed by atoms with Gasteiger partial charge in [0.25, 0.3) is 0 Å². The summed E-state index contributed by atoms with van der Waals surface area (Å²) >= 11 is 1.72. The zero-order chi connectivity index (χ0) is 11.1. The number of hydrogen-bond acceptors (Lipinski definition) is 4. The molecule has 0 spiro atoms. The second-order valence-electron chi connectivity index (χ2n) is 4.17. The molecule has 0 aromatic carbocycles. The zero-order valence-corrected chi connectivity index (χ0v) is 10.2. The maximum Gasteiger partial charge on any atom is 0.174 e. The Bertz CT molecular complexity index is 488. The maximum atomic E-state index is 4.32.